The molecule has 0 radical (unpaired) electrons. The van der Waals surface area contributed by atoms with Crippen LogP contribution in [-0.4, -0.2) is 24.9 Å². The zero-order valence-corrected chi connectivity index (χ0v) is 32.5. The van der Waals surface area contributed by atoms with E-state index in [9.17, 15) is 0 Å². The molecule has 0 saturated carbocycles. The molecule has 11 rings (SSSR count). The van der Waals surface area contributed by atoms with Gasteiger partial charge in [0.25, 0.3) is 0 Å². The van der Waals surface area contributed by atoms with E-state index in [4.69, 9.17) is 19.9 Å². The molecule has 276 valence electrons. The van der Waals surface area contributed by atoms with E-state index in [2.05, 4.69) is 151 Å². The molecular formula is C53H33N5S. The highest BCUT2D eigenvalue weighted by Crippen LogP contribution is 2.43. The summed E-state index contributed by atoms with van der Waals surface area (Å²) in [7, 11) is 0. The Morgan fingerprint density at radius 1 is 0.339 bits per heavy atom. The van der Waals surface area contributed by atoms with Crippen LogP contribution in [0.2, 0.25) is 0 Å². The highest BCUT2D eigenvalue weighted by molar-refractivity contribution is 7.26. The molecule has 59 heavy (non-hydrogen) atoms. The molecule has 5 nitrogen and oxygen atoms in total. The maximum absolute atomic E-state index is 5.20. The number of nitrogens with zero attached hydrogens (tertiary/aromatic N) is 5. The summed E-state index contributed by atoms with van der Waals surface area (Å²) >= 11 is 1.80. The van der Waals surface area contributed by atoms with Gasteiger partial charge in [-0.05, 0) is 51.6 Å². The largest absolute Gasteiger partial charge is 0.264 e. The van der Waals surface area contributed by atoms with E-state index < -0.39 is 0 Å². The molecule has 0 saturated heterocycles. The second-order valence-corrected chi connectivity index (χ2v) is 15.6. The van der Waals surface area contributed by atoms with Gasteiger partial charge in [0.1, 0.15) is 0 Å². The number of rotatable bonds is 7. The van der Waals surface area contributed by atoms with Gasteiger partial charge in [-0.25, -0.2) is 19.9 Å². The van der Waals surface area contributed by atoms with Crippen molar-refractivity contribution in [3.63, 3.8) is 0 Å². The van der Waals surface area contributed by atoms with Gasteiger partial charge in [-0.3, -0.25) is 4.98 Å². The summed E-state index contributed by atoms with van der Waals surface area (Å²) in [5, 5.41) is 3.55. The predicted molar refractivity (Wildman–Crippen MR) is 244 cm³/mol. The van der Waals surface area contributed by atoms with Gasteiger partial charge in [-0.15, -0.1) is 11.3 Å². The van der Waals surface area contributed by atoms with Gasteiger partial charge < -0.3 is 0 Å². The zero-order valence-electron chi connectivity index (χ0n) is 31.7. The van der Waals surface area contributed by atoms with Crippen LogP contribution in [0, 0.1) is 0 Å². The molecule has 11 aromatic rings. The molecule has 0 amide bonds. The second-order valence-electron chi connectivity index (χ2n) is 14.5. The minimum absolute atomic E-state index is 0.633. The molecular weight excluding hydrogens is 739 g/mol. The molecule has 0 aliphatic rings. The Hall–Kier alpha value is -7.67. The SMILES string of the molecule is c1ccc(-c2ccc(-c3nc(-c4ccccc4)nc(-c4ccc(-c5ccc(-c6cccc(-c7nc8ccncc8c8c7sc7ccccc78)c6)cc5)cc4)n3)cc2)cc1. The lowest BCUT2D eigenvalue weighted by Crippen LogP contribution is -2.00. The Bertz CT molecular complexity index is 3290. The van der Waals surface area contributed by atoms with Crippen molar-refractivity contribution in [2.75, 3.05) is 0 Å². The minimum Gasteiger partial charge on any atom is -0.264 e. The number of benzene rings is 7. The van der Waals surface area contributed by atoms with E-state index in [1.54, 1.807) is 11.3 Å². The fraction of sp³-hybridized carbons (Fsp3) is 0. The summed E-state index contributed by atoms with van der Waals surface area (Å²) in [6.45, 7) is 0. The second kappa shape index (κ2) is 14.7. The average molecular weight is 772 g/mol. The third kappa shape index (κ3) is 6.52. The normalized spacial score (nSPS) is 11.4. The zero-order chi connectivity index (χ0) is 39.1. The van der Waals surface area contributed by atoms with Crippen LogP contribution in [0.4, 0.5) is 0 Å². The van der Waals surface area contributed by atoms with Crippen LogP contribution in [0.1, 0.15) is 0 Å². The van der Waals surface area contributed by atoms with Crippen LogP contribution in [0.15, 0.2) is 200 Å². The molecule has 0 N–H and O–H groups in total. The summed E-state index contributed by atoms with van der Waals surface area (Å²) in [5.41, 5.74) is 12.7. The quantitative estimate of drug-likeness (QED) is 0.161. The molecule has 0 aliphatic carbocycles. The number of aromatic nitrogens is 5. The van der Waals surface area contributed by atoms with Crippen molar-refractivity contribution in [2.45, 2.75) is 0 Å². The van der Waals surface area contributed by atoms with Gasteiger partial charge in [0.2, 0.25) is 0 Å². The summed E-state index contributed by atoms with van der Waals surface area (Å²) in [6, 6.07) is 65.5. The first kappa shape index (κ1) is 34.6. The van der Waals surface area contributed by atoms with E-state index in [0.717, 1.165) is 66.7 Å². The van der Waals surface area contributed by atoms with E-state index in [1.165, 1.54) is 25.7 Å². The standard InChI is InChI=1S/C53H33N5S/c1-3-10-34(11-4-1)35-22-26-40(27-23-35)52-56-51(39-12-5-2-6-13-39)57-53(58-52)41-28-24-37(25-29-41)36-18-20-38(21-19-36)42-14-9-15-43(32-42)49-50-48(44-16-7-8-17-47(44)59-50)45-33-54-31-30-46(45)55-49/h1-33H. The van der Waals surface area contributed by atoms with Crippen LogP contribution in [-0.2, 0) is 0 Å². The lowest BCUT2D eigenvalue weighted by atomic mass is 9.97. The molecule has 7 aromatic carbocycles. The molecule has 0 fully saturated rings. The predicted octanol–water partition coefficient (Wildman–Crippen LogP) is 13.9. The summed E-state index contributed by atoms with van der Waals surface area (Å²) in [4.78, 5) is 24.5. The molecule has 0 unspecified atom stereocenters. The minimum atomic E-state index is 0.633. The van der Waals surface area contributed by atoms with Crippen LogP contribution in [0.25, 0.3) is 110 Å². The average Bonchev–Trinajstić information content (AvgIpc) is 3.72. The van der Waals surface area contributed by atoms with E-state index in [-0.39, 0.29) is 0 Å². The molecule has 4 heterocycles. The summed E-state index contributed by atoms with van der Waals surface area (Å²) in [6.07, 6.45) is 3.76. The number of fused-ring (bicyclic) bond motifs is 5. The van der Waals surface area contributed by atoms with E-state index in [1.807, 2.05) is 54.9 Å². The summed E-state index contributed by atoms with van der Waals surface area (Å²) < 4.78 is 2.44. The van der Waals surface area contributed by atoms with Crippen molar-refractivity contribution < 1.29 is 0 Å². The van der Waals surface area contributed by atoms with Gasteiger partial charge in [-0.2, -0.15) is 0 Å². The summed E-state index contributed by atoms with van der Waals surface area (Å²) in [5.74, 6) is 1.91. The fourth-order valence-electron chi connectivity index (χ4n) is 7.83. The number of hydrogen-bond acceptors (Lipinski definition) is 6. The number of thiophene rings is 1. The monoisotopic (exact) mass is 771 g/mol. The Morgan fingerprint density at radius 3 is 1.41 bits per heavy atom. The fourth-order valence-corrected chi connectivity index (χ4v) is 9.06. The van der Waals surface area contributed by atoms with E-state index >= 15 is 0 Å². The Balaban J connectivity index is 0.896. The number of hydrogen-bond donors (Lipinski definition) is 0. The van der Waals surface area contributed by atoms with Crippen LogP contribution in [0.3, 0.4) is 0 Å². The third-order valence-corrected chi connectivity index (χ3v) is 12.0. The van der Waals surface area contributed by atoms with Crippen LogP contribution >= 0.6 is 11.3 Å². The van der Waals surface area contributed by atoms with Crippen molar-refractivity contribution in [2.24, 2.45) is 0 Å². The molecule has 0 bridgehead atoms. The van der Waals surface area contributed by atoms with Gasteiger partial charge in [0.15, 0.2) is 17.5 Å². The van der Waals surface area contributed by atoms with Crippen molar-refractivity contribution in [3.8, 4) is 78.8 Å². The van der Waals surface area contributed by atoms with E-state index in [0.29, 0.717) is 17.5 Å². The van der Waals surface area contributed by atoms with Crippen molar-refractivity contribution in [3.05, 3.63) is 200 Å². The first-order valence-electron chi connectivity index (χ1n) is 19.6. The molecule has 0 spiro atoms. The topological polar surface area (TPSA) is 64.5 Å². The molecule has 4 aromatic heterocycles. The molecule has 0 aliphatic heterocycles. The van der Waals surface area contributed by atoms with Crippen LogP contribution < -0.4 is 0 Å². The van der Waals surface area contributed by atoms with Crippen molar-refractivity contribution in [1.82, 2.24) is 24.9 Å². The third-order valence-electron chi connectivity index (χ3n) is 10.9. The number of pyridine rings is 2. The maximum atomic E-state index is 5.20. The first-order valence-corrected chi connectivity index (χ1v) is 20.4. The van der Waals surface area contributed by atoms with Gasteiger partial charge in [-0.1, -0.05) is 170 Å². The molecule has 6 heteroatoms. The maximum Gasteiger partial charge on any atom is 0.164 e. The van der Waals surface area contributed by atoms with Gasteiger partial charge >= 0.3 is 0 Å². The Kier molecular flexibility index (Phi) is 8.60. The molecule has 0 atom stereocenters. The van der Waals surface area contributed by atoms with Crippen molar-refractivity contribution in [1.29, 1.82) is 0 Å². The van der Waals surface area contributed by atoms with Gasteiger partial charge in [0.05, 0.1) is 15.9 Å². The Labute approximate surface area is 345 Å². The lowest BCUT2D eigenvalue weighted by molar-refractivity contribution is 1.07. The van der Waals surface area contributed by atoms with Gasteiger partial charge in [0, 0.05) is 55.5 Å². The highest BCUT2D eigenvalue weighted by Gasteiger charge is 2.17. The Morgan fingerprint density at radius 2 is 0.797 bits per heavy atom. The lowest BCUT2D eigenvalue weighted by Gasteiger charge is -2.10. The van der Waals surface area contributed by atoms with Crippen LogP contribution in [0.5, 0.6) is 0 Å². The van der Waals surface area contributed by atoms with Crippen molar-refractivity contribution >= 4 is 42.4 Å². The smallest absolute Gasteiger partial charge is 0.164 e. The highest BCUT2D eigenvalue weighted by atomic mass is 32.1. The first-order chi connectivity index (χ1) is 29.2.